The third-order valence-corrected chi connectivity index (χ3v) is 4.00. The zero-order valence-corrected chi connectivity index (χ0v) is 10.9. The minimum atomic E-state index is 0.826. The molecule has 0 radical (unpaired) electrons. The molecule has 1 aliphatic carbocycles. The first kappa shape index (κ1) is 13.0. The molecular weight excluding hydrogens is 182 g/mol. The van der Waals surface area contributed by atoms with Crippen LogP contribution in [0.5, 0.6) is 0 Å². The summed E-state index contributed by atoms with van der Waals surface area (Å²) in [5.74, 6) is 1.88. The lowest BCUT2D eigenvalue weighted by Gasteiger charge is -2.29. The fourth-order valence-electron chi connectivity index (χ4n) is 2.58. The average Bonchev–Trinajstić information content (AvgIpc) is 2.28. The number of rotatable bonds is 6. The van der Waals surface area contributed by atoms with Crippen molar-refractivity contribution in [1.82, 2.24) is 5.32 Å². The maximum atomic E-state index is 3.73. The second kappa shape index (κ2) is 7.27. The molecule has 1 N–H and O–H groups in total. The molecule has 0 aliphatic heterocycles. The Morgan fingerprint density at radius 3 is 2.33 bits per heavy atom. The van der Waals surface area contributed by atoms with Gasteiger partial charge in [-0.1, -0.05) is 40.0 Å². The second-order valence-electron chi connectivity index (χ2n) is 5.43. The highest BCUT2D eigenvalue weighted by molar-refractivity contribution is 4.77. The van der Waals surface area contributed by atoms with Crippen LogP contribution in [0, 0.1) is 11.8 Å². The Morgan fingerprint density at radius 1 is 1.13 bits per heavy atom. The largest absolute Gasteiger partial charge is 0.314 e. The molecule has 0 aromatic rings. The lowest BCUT2D eigenvalue weighted by atomic mass is 9.83. The lowest BCUT2D eigenvalue weighted by Crippen LogP contribution is -2.35. The molecule has 0 amide bonds. The SMILES string of the molecule is CCCC1CCC(NCC(C)CC)CC1. The van der Waals surface area contributed by atoms with Crippen molar-refractivity contribution in [2.75, 3.05) is 6.54 Å². The van der Waals surface area contributed by atoms with Crippen LogP contribution in [0.3, 0.4) is 0 Å². The van der Waals surface area contributed by atoms with E-state index in [1.807, 2.05) is 0 Å². The van der Waals surface area contributed by atoms with Gasteiger partial charge >= 0.3 is 0 Å². The van der Waals surface area contributed by atoms with Gasteiger partial charge in [-0.05, 0) is 44.1 Å². The molecule has 1 saturated carbocycles. The van der Waals surface area contributed by atoms with Crippen molar-refractivity contribution in [1.29, 1.82) is 0 Å². The van der Waals surface area contributed by atoms with Crippen LogP contribution in [-0.4, -0.2) is 12.6 Å². The zero-order chi connectivity index (χ0) is 11.1. The van der Waals surface area contributed by atoms with Gasteiger partial charge in [0.05, 0.1) is 0 Å². The van der Waals surface area contributed by atoms with Crippen molar-refractivity contribution in [3.8, 4) is 0 Å². The Labute approximate surface area is 96.0 Å². The molecule has 1 heteroatoms. The van der Waals surface area contributed by atoms with Gasteiger partial charge < -0.3 is 5.32 Å². The minimum absolute atomic E-state index is 0.826. The highest BCUT2D eigenvalue weighted by Crippen LogP contribution is 2.27. The normalized spacial score (nSPS) is 29.0. The fourth-order valence-corrected chi connectivity index (χ4v) is 2.58. The van der Waals surface area contributed by atoms with Crippen molar-refractivity contribution < 1.29 is 0 Å². The van der Waals surface area contributed by atoms with E-state index in [-0.39, 0.29) is 0 Å². The first-order valence-corrected chi connectivity index (χ1v) is 6.99. The van der Waals surface area contributed by atoms with Gasteiger partial charge in [0.2, 0.25) is 0 Å². The summed E-state index contributed by atoms with van der Waals surface area (Å²) < 4.78 is 0. The molecule has 1 unspecified atom stereocenters. The van der Waals surface area contributed by atoms with E-state index < -0.39 is 0 Å². The molecule has 1 nitrogen and oxygen atoms in total. The number of hydrogen-bond donors (Lipinski definition) is 1. The Morgan fingerprint density at radius 2 is 1.80 bits per heavy atom. The summed E-state index contributed by atoms with van der Waals surface area (Å²) in [6.07, 6.45) is 9.89. The van der Waals surface area contributed by atoms with Gasteiger partial charge in [0, 0.05) is 6.04 Å². The van der Waals surface area contributed by atoms with Crippen LogP contribution in [0.15, 0.2) is 0 Å². The Kier molecular flexibility index (Phi) is 6.31. The Hall–Kier alpha value is -0.0400. The van der Waals surface area contributed by atoms with Gasteiger partial charge in [-0.15, -0.1) is 0 Å². The molecule has 90 valence electrons. The van der Waals surface area contributed by atoms with E-state index in [1.165, 1.54) is 51.5 Å². The van der Waals surface area contributed by atoms with Crippen LogP contribution in [0.25, 0.3) is 0 Å². The van der Waals surface area contributed by atoms with Gasteiger partial charge in [0.1, 0.15) is 0 Å². The van der Waals surface area contributed by atoms with Crippen molar-refractivity contribution in [2.24, 2.45) is 11.8 Å². The smallest absolute Gasteiger partial charge is 0.00673 e. The summed E-state index contributed by atoms with van der Waals surface area (Å²) in [5.41, 5.74) is 0. The molecular formula is C14H29N. The molecule has 1 rings (SSSR count). The van der Waals surface area contributed by atoms with E-state index in [2.05, 4.69) is 26.1 Å². The summed E-state index contributed by atoms with van der Waals surface area (Å²) in [4.78, 5) is 0. The monoisotopic (exact) mass is 211 g/mol. The average molecular weight is 211 g/mol. The van der Waals surface area contributed by atoms with Gasteiger partial charge in [-0.25, -0.2) is 0 Å². The molecule has 0 heterocycles. The summed E-state index contributed by atoms with van der Waals surface area (Å²) in [6, 6.07) is 0.826. The molecule has 0 bridgehead atoms. The topological polar surface area (TPSA) is 12.0 Å². The Balaban J connectivity index is 2.09. The highest BCUT2D eigenvalue weighted by atomic mass is 14.9. The summed E-state index contributed by atoms with van der Waals surface area (Å²) in [7, 11) is 0. The van der Waals surface area contributed by atoms with Crippen molar-refractivity contribution >= 4 is 0 Å². The molecule has 0 saturated heterocycles. The van der Waals surface area contributed by atoms with Gasteiger partial charge in [0.25, 0.3) is 0 Å². The van der Waals surface area contributed by atoms with Gasteiger partial charge in [-0.3, -0.25) is 0 Å². The van der Waals surface area contributed by atoms with E-state index in [1.54, 1.807) is 0 Å². The maximum absolute atomic E-state index is 3.73. The third-order valence-electron chi connectivity index (χ3n) is 4.00. The summed E-state index contributed by atoms with van der Waals surface area (Å²) in [6.45, 7) is 8.16. The first-order chi connectivity index (χ1) is 7.26. The molecule has 1 atom stereocenters. The molecule has 1 aliphatic rings. The van der Waals surface area contributed by atoms with E-state index >= 15 is 0 Å². The third kappa shape index (κ3) is 5.01. The van der Waals surface area contributed by atoms with Crippen molar-refractivity contribution in [3.63, 3.8) is 0 Å². The first-order valence-electron chi connectivity index (χ1n) is 6.99. The van der Waals surface area contributed by atoms with Crippen LogP contribution in [0.4, 0.5) is 0 Å². The van der Waals surface area contributed by atoms with Crippen molar-refractivity contribution in [3.05, 3.63) is 0 Å². The van der Waals surface area contributed by atoms with Crippen LogP contribution >= 0.6 is 0 Å². The lowest BCUT2D eigenvalue weighted by molar-refractivity contribution is 0.271. The van der Waals surface area contributed by atoms with Gasteiger partial charge in [0.15, 0.2) is 0 Å². The number of hydrogen-bond acceptors (Lipinski definition) is 1. The molecule has 15 heavy (non-hydrogen) atoms. The van der Waals surface area contributed by atoms with E-state index in [0.29, 0.717) is 0 Å². The van der Waals surface area contributed by atoms with Crippen LogP contribution in [0.2, 0.25) is 0 Å². The van der Waals surface area contributed by atoms with Crippen LogP contribution in [0.1, 0.15) is 65.7 Å². The molecule has 0 spiro atoms. The molecule has 0 aromatic heterocycles. The Bertz CT molecular complexity index is 147. The highest BCUT2D eigenvalue weighted by Gasteiger charge is 2.20. The standard InChI is InChI=1S/C14H29N/c1-4-6-13-7-9-14(10-8-13)15-11-12(3)5-2/h12-15H,4-11H2,1-3H3. The predicted molar refractivity (Wildman–Crippen MR) is 68.1 cm³/mol. The quantitative estimate of drug-likeness (QED) is 0.700. The number of nitrogens with one attached hydrogen (secondary N) is 1. The predicted octanol–water partition coefficient (Wildman–Crippen LogP) is 3.98. The van der Waals surface area contributed by atoms with Crippen molar-refractivity contribution in [2.45, 2.75) is 71.8 Å². The second-order valence-corrected chi connectivity index (χ2v) is 5.43. The zero-order valence-electron chi connectivity index (χ0n) is 10.9. The molecule has 0 aromatic carbocycles. The maximum Gasteiger partial charge on any atom is 0.00673 e. The van der Waals surface area contributed by atoms with E-state index in [0.717, 1.165) is 17.9 Å². The van der Waals surface area contributed by atoms with Gasteiger partial charge in [-0.2, -0.15) is 0 Å². The van der Waals surface area contributed by atoms with Crippen LogP contribution < -0.4 is 5.32 Å². The summed E-state index contributed by atoms with van der Waals surface area (Å²) >= 11 is 0. The van der Waals surface area contributed by atoms with E-state index in [9.17, 15) is 0 Å². The van der Waals surface area contributed by atoms with E-state index in [4.69, 9.17) is 0 Å². The summed E-state index contributed by atoms with van der Waals surface area (Å²) in [5, 5.41) is 3.73. The fraction of sp³-hybridized carbons (Fsp3) is 1.00. The molecule has 1 fully saturated rings. The van der Waals surface area contributed by atoms with Crippen LogP contribution in [-0.2, 0) is 0 Å². The minimum Gasteiger partial charge on any atom is -0.314 e.